The van der Waals surface area contributed by atoms with Crippen molar-refractivity contribution < 1.29 is 19.7 Å². The number of aryl methyl sites for hydroxylation is 1. The molecule has 0 fully saturated rings. The fraction of sp³-hybridized carbons (Fsp3) is 0.562. The topological polar surface area (TPSA) is 66.8 Å². The lowest BCUT2D eigenvalue weighted by molar-refractivity contribution is -0.143. The maximum absolute atomic E-state index is 11.7. The molecule has 4 heteroatoms. The normalized spacial score (nSPS) is 11.4. The smallest absolute Gasteiger partial charge is 0.310 e. The van der Waals surface area contributed by atoms with Gasteiger partial charge in [-0.3, -0.25) is 4.79 Å². The lowest BCUT2D eigenvalue weighted by atomic mass is 9.84. The van der Waals surface area contributed by atoms with Gasteiger partial charge in [0.2, 0.25) is 0 Å². The molecular weight excluding hydrogens is 256 g/mol. The van der Waals surface area contributed by atoms with Gasteiger partial charge < -0.3 is 14.9 Å². The third-order valence-electron chi connectivity index (χ3n) is 3.08. The Labute approximate surface area is 120 Å². The Morgan fingerprint density at radius 3 is 2.50 bits per heavy atom. The van der Waals surface area contributed by atoms with Crippen LogP contribution < -0.4 is 0 Å². The zero-order valence-corrected chi connectivity index (χ0v) is 12.7. The molecule has 0 saturated carbocycles. The van der Waals surface area contributed by atoms with Crippen LogP contribution in [0.4, 0.5) is 0 Å². The summed E-state index contributed by atoms with van der Waals surface area (Å²) in [4.78, 5) is 11.7. The summed E-state index contributed by atoms with van der Waals surface area (Å²) in [7, 11) is 0. The Balaban J connectivity index is 2.87. The molecule has 0 unspecified atom stereocenters. The average Bonchev–Trinajstić information content (AvgIpc) is 2.32. The van der Waals surface area contributed by atoms with Crippen LogP contribution in [-0.2, 0) is 21.4 Å². The molecule has 0 aromatic heterocycles. The van der Waals surface area contributed by atoms with E-state index in [9.17, 15) is 9.90 Å². The fourth-order valence-corrected chi connectivity index (χ4v) is 2.00. The largest absolute Gasteiger partial charge is 0.507 e. The number of hydrogen-bond donors (Lipinski definition) is 2. The lowest BCUT2D eigenvalue weighted by Crippen LogP contribution is -2.14. The van der Waals surface area contributed by atoms with Crippen LogP contribution in [0.5, 0.6) is 5.75 Å². The second kappa shape index (κ2) is 6.75. The van der Waals surface area contributed by atoms with Gasteiger partial charge in [-0.1, -0.05) is 32.9 Å². The van der Waals surface area contributed by atoms with Gasteiger partial charge in [-0.05, 0) is 29.0 Å². The highest BCUT2D eigenvalue weighted by atomic mass is 16.5. The van der Waals surface area contributed by atoms with Crippen molar-refractivity contribution in [3.63, 3.8) is 0 Å². The number of aliphatic hydroxyl groups is 1. The van der Waals surface area contributed by atoms with Crippen LogP contribution in [0, 0.1) is 6.92 Å². The summed E-state index contributed by atoms with van der Waals surface area (Å²) in [6.07, 6.45) is 0.628. The third-order valence-corrected chi connectivity index (χ3v) is 3.08. The van der Waals surface area contributed by atoms with Crippen LogP contribution >= 0.6 is 0 Å². The van der Waals surface area contributed by atoms with E-state index in [1.807, 2.05) is 33.8 Å². The first-order valence-electron chi connectivity index (χ1n) is 6.85. The summed E-state index contributed by atoms with van der Waals surface area (Å²) in [5.74, 6) is -0.0294. The molecule has 1 aromatic carbocycles. The molecule has 0 atom stereocenters. The first-order valence-corrected chi connectivity index (χ1v) is 6.85. The van der Waals surface area contributed by atoms with Crippen molar-refractivity contribution in [3.05, 3.63) is 28.8 Å². The zero-order chi connectivity index (χ0) is 15.3. The van der Waals surface area contributed by atoms with E-state index in [2.05, 4.69) is 0 Å². The van der Waals surface area contributed by atoms with Crippen molar-refractivity contribution in [2.45, 2.75) is 46.0 Å². The van der Waals surface area contributed by atoms with Crippen molar-refractivity contribution in [2.24, 2.45) is 0 Å². The molecule has 0 aliphatic carbocycles. The molecule has 1 rings (SSSR count). The molecule has 112 valence electrons. The second-order valence-corrected chi connectivity index (χ2v) is 6.03. The monoisotopic (exact) mass is 280 g/mol. The van der Waals surface area contributed by atoms with E-state index in [1.54, 1.807) is 6.07 Å². The molecule has 0 heterocycles. The second-order valence-electron chi connectivity index (χ2n) is 6.03. The SMILES string of the molecule is Cc1cc(CC(=O)OCCCO)cc(C(C)(C)C)c1O. The van der Waals surface area contributed by atoms with Gasteiger partial charge in [0, 0.05) is 13.0 Å². The fourth-order valence-electron chi connectivity index (χ4n) is 2.00. The number of carbonyl (C=O) groups is 1. The first kappa shape index (κ1) is 16.5. The van der Waals surface area contributed by atoms with Crippen LogP contribution in [0.2, 0.25) is 0 Å². The summed E-state index contributed by atoms with van der Waals surface area (Å²) in [5, 5.41) is 18.8. The van der Waals surface area contributed by atoms with Crippen molar-refractivity contribution >= 4 is 5.97 Å². The average molecular weight is 280 g/mol. The van der Waals surface area contributed by atoms with Crippen LogP contribution in [-0.4, -0.2) is 29.4 Å². The van der Waals surface area contributed by atoms with E-state index in [4.69, 9.17) is 9.84 Å². The predicted octanol–water partition coefficient (Wildman–Crippen LogP) is 2.47. The quantitative estimate of drug-likeness (QED) is 0.642. The number of aromatic hydroxyl groups is 1. The number of aliphatic hydroxyl groups excluding tert-OH is 1. The minimum absolute atomic E-state index is 0.0137. The van der Waals surface area contributed by atoms with Gasteiger partial charge in [-0.15, -0.1) is 0 Å². The maximum atomic E-state index is 11.7. The molecule has 20 heavy (non-hydrogen) atoms. The van der Waals surface area contributed by atoms with E-state index in [0.717, 1.165) is 16.7 Å². The van der Waals surface area contributed by atoms with Crippen molar-refractivity contribution in [3.8, 4) is 5.75 Å². The zero-order valence-electron chi connectivity index (χ0n) is 12.7. The van der Waals surface area contributed by atoms with E-state index in [1.165, 1.54) is 0 Å². The van der Waals surface area contributed by atoms with Crippen LogP contribution in [0.1, 0.15) is 43.9 Å². The molecule has 1 aromatic rings. The van der Waals surface area contributed by atoms with Crippen molar-refractivity contribution in [1.29, 1.82) is 0 Å². The number of benzene rings is 1. The van der Waals surface area contributed by atoms with Gasteiger partial charge in [-0.2, -0.15) is 0 Å². The Bertz CT molecular complexity index is 472. The Kier molecular flexibility index (Phi) is 5.57. The number of rotatable bonds is 5. The Morgan fingerprint density at radius 2 is 1.95 bits per heavy atom. The molecule has 4 nitrogen and oxygen atoms in total. The number of ether oxygens (including phenoxy) is 1. The van der Waals surface area contributed by atoms with Gasteiger partial charge in [0.05, 0.1) is 13.0 Å². The molecule has 0 radical (unpaired) electrons. The molecule has 2 N–H and O–H groups in total. The Hall–Kier alpha value is -1.55. The number of phenols is 1. The van der Waals surface area contributed by atoms with Crippen LogP contribution in [0.3, 0.4) is 0 Å². The summed E-state index contributed by atoms with van der Waals surface area (Å²) in [5.41, 5.74) is 2.23. The molecule has 0 aliphatic rings. The highest BCUT2D eigenvalue weighted by molar-refractivity contribution is 5.73. The molecular formula is C16H24O4. The Morgan fingerprint density at radius 1 is 1.30 bits per heavy atom. The summed E-state index contributed by atoms with van der Waals surface area (Å²) in [6, 6.07) is 3.66. The van der Waals surface area contributed by atoms with Crippen LogP contribution in [0.25, 0.3) is 0 Å². The summed E-state index contributed by atoms with van der Waals surface area (Å²) in [6.45, 7) is 8.13. The predicted molar refractivity (Wildman–Crippen MR) is 77.9 cm³/mol. The van der Waals surface area contributed by atoms with E-state index in [-0.39, 0.29) is 36.8 Å². The standard InChI is InChI=1S/C16H24O4/c1-11-8-12(10-14(18)20-7-5-6-17)9-13(15(11)19)16(2,3)4/h8-9,17,19H,5-7,10H2,1-4H3. The lowest BCUT2D eigenvalue weighted by Gasteiger charge is -2.22. The maximum Gasteiger partial charge on any atom is 0.310 e. The summed E-state index contributed by atoms with van der Waals surface area (Å²) >= 11 is 0. The van der Waals surface area contributed by atoms with Gasteiger partial charge in [-0.25, -0.2) is 0 Å². The molecule has 0 aliphatic heterocycles. The third kappa shape index (κ3) is 4.53. The van der Waals surface area contributed by atoms with E-state index >= 15 is 0 Å². The van der Waals surface area contributed by atoms with Crippen LogP contribution in [0.15, 0.2) is 12.1 Å². The first-order chi connectivity index (χ1) is 9.25. The minimum atomic E-state index is -0.316. The van der Waals surface area contributed by atoms with Crippen molar-refractivity contribution in [1.82, 2.24) is 0 Å². The number of phenolic OH excluding ortho intramolecular Hbond substituents is 1. The molecule has 0 saturated heterocycles. The number of hydrogen-bond acceptors (Lipinski definition) is 4. The van der Waals surface area contributed by atoms with E-state index in [0.29, 0.717) is 6.42 Å². The van der Waals surface area contributed by atoms with E-state index < -0.39 is 0 Å². The minimum Gasteiger partial charge on any atom is -0.507 e. The van der Waals surface area contributed by atoms with Gasteiger partial charge in [0.15, 0.2) is 0 Å². The highest BCUT2D eigenvalue weighted by Crippen LogP contribution is 2.34. The number of carbonyl (C=O) groups excluding carboxylic acids is 1. The summed E-state index contributed by atoms with van der Waals surface area (Å²) < 4.78 is 5.02. The molecule has 0 amide bonds. The number of esters is 1. The van der Waals surface area contributed by atoms with Gasteiger partial charge in [0.1, 0.15) is 5.75 Å². The molecule has 0 bridgehead atoms. The van der Waals surface area contributed by atoms with Gasteiger partial charge >= 0.3 is 5.97 Å². The van der Waals surface area contributed by atoms with Crippen molar-refractivity contribution in [2.75, 3.05) is 13.2 Å². The molecule has 0 spiro atoms. The van der Waals surface area contributed by atoms with Gasteiger partial charge in [0.25, 0.3) is 0 Å². The highest BCUT2D eigenvalue weighted by Gasteiger charge is 2.20.